The maximum atomic E-state index is 13.1. The van der Waals surface area contributed by atoms with Gasteiger partial charge in [-0.15, -0.1) is 0 Å². The molecule has 1 aromatic carbocycles. The van der Waals surface area contributed by atoms with Crippen LogP contribution in [0.15, 0.2) is 36.0 Å². The van der Waals surface area contributed by atoms with Gasteiger partial charge in [-0.2, -0.15) is 5.10 Å². The number of rotatable bonds is 1. The number of hydrogen-bond donors (Lipinski definition) is 0. The molecular formula is C17H15FN2O. The highest BCUT2D eigenvalue weighted by Crippen LogP contribution is 2.47. The fraction of sp³-hybridized carbons (Fsp3) is 0.294. The van der Waals surface area contributed by atoms with E-state index in [-0.39, 0.29) is 11.2 Å². The summed E-state index contributed by atoms with van der Waals surface area (Å²) in [7, 11) is 0. The van der Waals surface area contributed by atoms with Crippen molar-refractivity contribution >= 4 is 11.9 Å². The summed E-state index contributed by atoms with van der Waals surface area (Å²) < 4.78 is 14.9. The van der Waals surface area contributed by atoms with Gasteiger partial charge in [0.15, 0.2) is 0 Å². The minimum atomic E-state index is -0.344. The third-order valence-corrected chi connectivity index (χ3v) is 4.76. The fourth-order valence-electron chi connectivity index (χ4n) is 3.44. The van der Waals surface area contributed by atoms with Crippen molar-refractivity contribution in [3.63, 3.8) is 0 Å². The molecule has 0 N–H and O–H groups in total. The second-order valence-electron chi connectivity index (χ2n) is 6.04. The van der Waals surface area contributed by atoms with E-state index in [9.17, 15) is 9.18 Å². The molecular weight excluding hydrogens is 267 g/mol. The van der Waals surface area contributed by atoms with Crippen LogP contribution in [0.1, 0.15) is 31.0 Å². The predicted molar refractivity (Wildman–Crippen MR) is 77.6 cm³/mol. The molecule has 1 fully saturated rings. The van der Waals surface area contributed by atoms with Crippen LogP contribution in [0.5, 0.6) is 0 Å². The number of fused-ring (bicyclic) bond motifs is 2. The van der Waals surface area contributed by atoms with Crippen molar-refractivity contribution in [2.45, 2.75) is 26.2 Å². The second-order valence-corrected chi connectivity index (χ2v) is 6.04. The molecule has 2 aromatic rings. The van der Waals surface area contributed by atoms with Crippen molar-refractivity contribution in [2.75, 3.05) is 0 Å². The van der Waals surface area contributed by atoms with Crippen molar-refractivity contribution < 1.29 is 9.18 Å². The zero-order chi connectivity index (χ0) is 14.6. The molecule has 2 aliphatic rings. The Kier molecular flexibility index (Phi) is 2.46. The number of carbonyl (C=O) groups is 1. The van der Waals surface area contributed by atoms with E-state index in [0.717, 1.165) is 23.4 Å². The van der Waals surface area contributed by atoms with Crippen LogP contribution in [0.3, 0.4) is 0 Å². The highest BCUT2D eigenvalue weighted by molar-refractivity contribution is 5.94. The van der Waals surface area contributed by atoms with Crippen molar-refractivity contribution in [2.24, 2.45) is 5.41 Å². The monoisotopic (exact) mass is 282 g/mol. The number of Topliss-reactive ketones (excluding diaryl/α,β-unsaturated/α-hetero) is 1. The summed E-state index contributed by atoms with van der Waals surface area (Å²) in [4.78, 5) is 12.1. The minimum absolute atomic E-state index is 0.257. The molecule has 0 radical (unpaired) electrons. The van der Waals surface area contributed by atoms with E-state index in [1.165, 1.54) is 17.7 Å². The van der Waals surface area contributed by atoms with Crippen LogP contribution < -0.4 is 0 Å². The molecule has 4 heteroatoms. The van der Waals surface area contributed by atoms with Gasteiger partial charge in [-0.25, -0.2) is 9.07 Å². The van der Waals surface area contributed by atoms with Crippen molar-refractivity contribution in [3.05, 3.63) is 53.1 Å². The first-order chi connectivity index (χ1) is 10.1. The van der Waals surface area contributed by atoms with Gasteiger partial charge in [0.2, 0.25) is 0 Å². The van der Waals surface area contributed by atoms with Crippen LogP contribution in [0.4, 0.5) is 4.39 Å². The lowest BCUT2D eigenvalue weighted by atomic mass is 9.74. The van der Waals surface area contributed by atoms with E-state index < -0.39 is 0 Å². The fourth-order valence-corrected chi connectivity index (χ4v) is 3.44. The molecule has 3 nitrogen and oxygen atoms in total. The van der Waals surface area contributed by atoms with Gasteiger partial charge in [0, 0.05) is 6.42 Å². The summed E-state index contributed by atoms with van der Waals surface area (Å²) in [6.07, 6.45) is 6.11. The number of hydrogen-bond acceptors (Lipinski definition) is 2. The molecule has 21 heavy (non-hydrogen) atoms. The standard InChI is InChI=1S/C17H15FN2O/c1-17-9-11-10-19-20(14-5-3-13(18)4-6-14)15(11)8-12(17)2-7-16(17)21/h3-6,8,10H,2,7,9H2,1H3. The van der Waals surface area contributed by atoms with Gasteiger partial charge in [-0.1, -0.05) is 5.57 Å². The molecule has 2 aliphatic carbocycles. The van der Waals surface area contributed by atoms with E-state index in [1.54, 1.807) is 12.1 Å². The van der Waals surface area contributed by atoms with E-state index in [1.807, 2.05) is 17.8 Å². The molecule has 106 valence electrons. The third-order valence-electron chi connectivity index (χ3n) is 4.76. The molecule has 1 heterocycles. The van der Waals surface area contributed by atoms with Crippen LogP contribution >= 0.6 is 0 Å². The normalized spacial score (nSPS) is 23.7. The van der Waals surface area contributed by atoms with Gasteiger partial charge >= 0.3 is 0 Å². The smallest absolute Gasteiger partial charge is 0.143 e. The zero-order valence-electron chi connectivity index (χ0n) is 11.8. The molecule has 1 unspecified atom stereocenters. The second kappa shape index (κ2) is 4.13. The molecule has 1 saturated carbocycles. The molecule has 0 aliphatic heterocycles. The molecule has 4 rings (SSSR count). The highest BCUT2D eigenvalue weighted by Gasteiger charge is 2.44. The lowest BCUT2D eigenvalue weighted by Gasteiger charge is -2.28. The number of ketones is 1. The van der Waals surface area contributed by atoms with Crippen LogP contribution in [0.2, 0.25) is 0 Å². The Morgan fingerprint density at radius 1 is 1.24 bits per heavy atom. The van der Waals surface area contributed by atoms with Crippen LogP contribution in [0.25, 0.3) is 11.8 Å². The first-order valence-electron chi connectivity index (χ1n) is 7.15. The maximum Gasteiger partial charge on any atom is 0.143 e. The van der Waals surface area contributed by atoms with Gasteiger partial charge in [-0.05, 0) is 55.7 Å². The van der Waals surface area contributed by atoms with Gasteiger partial charge in [0.25, 0.3) is 0 Å². The summed E-state index contributed by atoms with van der Waals surface area (Å²) in [5.74, 6) is 0.0704. The number of nitrogens with zero attached hydrogens (tertiary/aromatic N) is 2. The van der Waals surface area contributed by atoms with Gasteiger partial charge in [0.1, 0.15) is 11.6 Å². The lowest BCUT2D eigenvalue weighted by molar-refractivity contribution is -0.123. The van der Waals surface area contributed by atoms with E-state index >= 15 is 0 Å². The Bertz CT molecular complexity index is 773. The van der Waals surface area contributed by atoms with Crippen molar-refractivity contribution in [1.82, 2.24) is 9.78 Å². The topological polar surface area (TPSA) is 34.9 Å². The van der Waals surface area contributed by atoms with Crippen LogP contribution in [0, 0.1) is 11.2 Å². The van der Waals surface area contributed by atoms with E-state index in [2.05, 4.69) is 11.2 Å². The number of benzene rings is 1. The van der Waals surface area contributed by atoms with Crippen LogP contribution in [-0.4, -0.2) is 15.6 Å². The van der Waals surface area contributed by atoms with Gasteiger partial charge in [0.05, 0.1) is 23.0 Å². The lowest BCUT2D eigenvalue weighted by Crippen LogP contribution is -2.28. The van der Waals surface area contributed by atoms with Crippen LogP contribution in [-0.2, 0) is 11.2 Å². The van der Waals surface area contributed by atoms with E-state index in [4.69, 9.17) is 0 Å². The zero-order valence-corrected chi connectivity index (χ0v) is 11.8. The van der Waals surface area contributed by atoms with Gasteiger partial charge in [-0.3, -0.25) is 4.79 Å². The molecule has 1 atom stereocenters. The first kappa shape index (κ1) is 12.5. The number of carbonyl (C=O) groups excluding carboxylic acids is 1. The SMILES string of the molecule is CC12Cc3cnn(-c4ccc(F)cc4)c3C=C1CCC2=O. The third kappa shape index (κ3) is 1.71. The molecule has 1 aromatic heterocycles. The minimum Gasteiger partial charge on any atom is -0.299 e. The van der Waals surface area contributed by atoms with Crippen molar-refractivity contribution in [3.8, 4) is 5.69 Å². The quantitative estimate of drug-likeness (QED) is 0.804. The van der Waals surface area contributed by atoms with Gasteiger partial charge < -0.3 is 0 Å². The molecule has 0 spiro atoms. The predicted octanol–water partition coefficient (Wildman–Crippen LogP) is 3.32. The molecule has 0 amide bonds. The highest BCUT2D eigenvalue weighted by atomic mass is 19.1. The molecule has 0 saturated heterocycles. The summed E-state index contributed by atoms with van der Waals surface area (Å²) in [5, 5.41) is 4.42. The summed E-state index contributed by atoms with van der Waals surface area (Å²) in [6.45, 7) is 2.03. The Morgan fingerprint density at radius 3 is 2.76 bits per heavy atom. The Balaban J connectivity index is 1.84. The Labute approximate surface area is 122 Å². The number of halogens is 1. The van der Waals surface area contributed by atoms with E-state index in [0.29, 0.717) is 18.6 Å². The first-order valence-corrected chi connectivity index (χ1v) is 7.15. The summed E-state index contributed by atoms with van der Waals surface area (Å²) in [6, 6.07) is 6.30. The summed E-state index contributed by atoms with van der Waals surface area (Å²) >= 11 is 0. The molecule has 0 bridgehead atoms. The Morgan fingerprint density at radius 2 is 2.00 bits per heavy atom. The number of aromatic nitrogens is 2. The average molecular weight is 282 g/mol. The van der Waals surface area contributed by atoms with Crippen molar-refractivity contribution in [1.29, 1.82) is 0 Å². The maximum absolute atomic E-state index is 13.1. The summed E-state index contributed by atoms with van der Waals surface area (Å²) in [5.41, 5.74) is 3.79. The number of allylic oxidation sites excluding steroid dienone is 1. The average Bonchev–Trinajstić information content (AvgIpc) is 2.99. The largest absolute Gasteiger partial charge is 0.299 e. The Hall–Kier alpha value is -2.23.